The Bertz CT molecular complexity index is 283. The molecule has 14 heavy (non-hydrogen) atoms. The summed E-state index contributed by atoms with van der Waals surface area (Å²) in [5.74, 6) is -0.163. The third kappa shape index (κ3) is 11.2. The summed E-state index contributed by atoms with van der Waals surface area (Å²) in [6.07, 6.45) is 3.91. The van der Waals surface area contributed by atoms with Crippen LogP contribution in [0.1, 0.15) is 32.1 Å². The third-order valence-corrected chi connectivity index (χ3v) is 2.53. The molecule has 0 amide bonds. The highest BCUT2D eigenvalue weighted by molar-refractivity contribution is 7.85. The van der Waals surface area contributed by atoms with E-state index in [4.69, 9.17) is 10.1 Å². The van der Waals surface area contributed by atoms with Crippen LogP contribution in [0.3, 0.4) is 0 Å². The van der Waals surface area contributed by atoms with E-state index in [9.17, 15) is 8.42 Å². The van der Waals surface area contributed by atoms with Gasteiger partial charge in [-0.3, -0.25) is 4.55 Å². The molecule has 0 radical (unpaired) electrons. The highest BCUT2D eigenvalue weighted by Crippen LogP contribution is 2.04. The Balaban J connectivity index is 3.18. The summed E-state index contributed by atoms with van der Waals surface area (Å²) < 4.78 is 29.0. The van der Waals surface area contributed by atoms with Crippen molar-refractivity contribution in [3.05, 3.63) is 10.4 Å². The second-order valence-electron chi connectivity index (χ2n) is 3.01. The molecule has 0 saturated carbocycles. The van der Waals surface area contributed by atoms with Crippen LogP contribution in [0.25, 0.3) is 10.4 Å². The smallest absolute Gasteiger partial charge is 0.264 e. The average molecular weight is 221 g/mol. The molecule has 7 heteroatoms. The number of nitrogens with zero attached hydrogens (tertiary/aromatic N) is 3. The van der Waals surface area contributed by atoms with Crippen molar-refractivity contribution in [3.63, 3.8) is 0 Å². The number of hydrogen-bond acceptors (Lipinski definition) is 3. The fourth-order valence-corrected chi connectivity index (χ4v) is 1.61. The molecular weight excluding hydrogens is 206 g/mol. The van der Waals surface area contributed by atoms with E-state index in [0.29, 0.717) is 13.0 Å². The summed E-state index contributed by atoms with van der Waals surface area (Å²) in [4.78, 5) is 2.61. The van der Waals surface area contributed by atoms with Gasteiger partial charge in [-0.2, -0.15) is 8.42 Å². The summed E-state index contributed by atoms with van der Waals surface area (Å²) in [5, 5.41) is 3.37. The normalized spacial score (nSPS) is 10.9. The van der Waals surface area contributed by atoms with Crippen molar-refractivity contribution < 1.29 is 13.0 Å². The zero-order valence-corrected chi connectivity index (χ0v) is 8.78. The highest BCUT2D eigenvalue weighted by Gasteiger charge is 2.02. The van der Waals surface area contributed by atoms with E-state index in [2.05, 4.69) is 10.0 Å². The lowest BCUT2D eigenvalue weighted by Gasteiger charge is -1.98. The first-order chi connectivity index (χ1) is 6.56. The lowest BCUT2D eigenvalue weighted by atomic mass is 10.2. The maximum atomic E-state index is 10.3. The maximum absolute atomic E-state index is 10.3. The van der Waals surface area contributed by atoms with Crippen LogP contribution in [0.2, 0.25) is 0 Å². The molecule has 0 spiro atoms. The van der Waals surface area contributed by atoms with Gasteiger partial charge in [0.1, 0.15) is 0 Å². The van der Waals surface area contributed by atoms with Gasteiger partial charge in [-0.1, -0.05) is 24.4 Å². The Kier molecular flexibility index (Phi) is 7.18. The molecule has 0 heterocycles. The number of hydrogen-bond donors (Lipinski definition) is 1. The van der Waals surface area contributed by atoms with Crippen molar-refractivity contribution in [1.82, 2.24) is 0 Å². The lowest BCUT2D eigenvalue weighted by Crippen LogP contribution is -2.03. The van der Waals surface area contributed by atoms with Crippen molar-refractivity contribution in [2.24, 2.45) is 5.11 Å². The monoisotopic (exact) mass is 221 g/mol. The predicted molar refractivity (Wildman–Crippen MR) is 53.5 cm³/mol. The molecule has 0 rings (SSSR count). The van der Waals surface area contributed by atoms with Crippen molar-refractivity contribution >= 4 is 10.1 Å². The van der Waals surface area contributed by atoms with E-state index >= 15 is 0 Å². The molecule has 0 atom stereocenters. The summed E-state index contributed by atoms with van der Waals surface area (Å²) in [5.41, 5.74) is 7.96. The Morgan fingerprint density at radius 3 is 2.29 bits per heavy atom. The zero-order chi connectivity index (χ0) is 10.9. The summed E-state index contributed by atoms with van der Waals surface area (Å²) in [6.45, 7) is 0.495. The van der Waals surface area contributed by atoms with E-state index in [1.54, 1.807) is 0 Å². The van der Waals surface area contributed by atoms with E-state index in [1.165, 1.54) is 0 Å². The van der Waals surface area contributed by atoms with Crippen molar-refractivity contribution in [2.75, 3.05) is 12.3 Å². The Morgan fingerprint density at radius 1 is 1.14 bits per heavy atom. The van der Waals surface area contributed by atoms with Gasteiger partial charge in [0, 0.05) is 11.5 Å². The van der Waals surface area contributed by atoms with Crippen LogP contribution in [-0.4, -0.2) is 25.3 Å². The number of rotatable bonds is 8. The fourth-order valence-electron chi connectivity index (χ4n) is 1.04. The molecule has 0 bridgehead atoms. The average Bonchev–Trinajstić information content (AvgIpc) is 2.08. The van der Waals surface area contributed by atoms with Crippen LogP contribution in [0.15, 0.2) is 5.11 Å². The third-order valence-electron chi connectivity index (χ3n) is 1.72. The second kappa shape index (κ2) is 7.61. The van der Waals surface area contributed by atoms with Gasteiger partial charge in [-0.15, -0.1) is 0 Å². The van der Waals surface area contributed by atoms with E-state index in [-0.39, 0.29) is 5.75 Å². The minimum atomic E-state index is -3.79. The fraction of sp³-hybridized carbons (Fsp3) is 1.00. The zero-order valence-electron chi connectivity index (χ0n) is 7.96. The van der Waals surface area contributed by atoms with E-state index < -0.39 is 10.1 Å². The first-order valence-corrected chi connectivity index (χ1v) is 6.13. The first kappa shape index (κ1) is 13.2. The van der Waals surface area contributed by atoms with Crippen LogP contribution < -0.4 is 0 Å². The van der Waals surface area contributed by atoms with E-state index in [0.717, 1.165) is 25.7 Å². The molecule has 0 aliphatic carbocycles. The first-order valence-electron chi connectivity index (χ1n) is 4.52. The Hall–Kier alpha value is -0.780. The number of azide groups is 1. The van der Waals surface area contributed by atoms with Gasteiger partial charge in [-0.25, -0.2) is 0 Å². The van der Waals surface area contributed by atoms with Gasteiger partial charge in [0.2, 0.25) is 0 Å². The van der Waals surface area contributed by atoms with E-state index in [1.807, 2.05) is 0 Å². The standard InChI is InChI=1S/C7H15N3O3S/c8-10-9-6-4-2-1-3-5-7-14(11,12)13/h1-7H2,(H,11,12,13). The topological polar surface area (TPSA) is 103 Å². The van der Waals surface area contributed by atoms with Gasteiger partial charge in [0.15, 0.2) is 0 Å². The number of unbranched alkanes of at least 4 members (excludes halogenated alkanes) is 4. The SMILES string of the molecule is [N-]=[N+]=NCCCCCCCS(=O)(=O)O. The van der Waals surface area contributed by atoms with Crippen LogP contribution in [0, 0.1) is 0 Å². The van der Waals surface area contributed by atoms with Gasteiger partial charge in [-0.05, 0) is 18.4 Å². The molecule has 6 nitrogen and oxygen atoms in total. The predicted octanol–water partition coefficient (Wildman–Crippen LogP) is 2.14. The van der Waals surface area contributed by atoms with Crippen LogP contribution in [0.5, 0.6) is 0 Å². The van der Waals surface area contributed by atoms with Crippen molar-refractivity contribution in [2.45, 2.75) is 32.1 Å². The summed E-state index contributed by atoms with van der Waals surface area (Å²) >= 11 is 0. The highest BCUT2D eigenvalue weighted by atomic mass is 32.2. The Morgan fingerprint density at radius 2 is 1.71 bits per heavy atom. The van der Waals surface area contributed by atoms with Gasteiger partial charge < -0.3 is 0 Å². The molecule has 82 valence electrons. The quantitative estimate of drug-likeness (QED) is 0.223. The van der Waals surface area contributed by atoms with Gasteiger partial charge in [0.25, 0.3) is 10.1 Å². The minimum absolute atomic E-state index is 0.163. The molecule has 0 unspecified atom stereocenters. The van der Waals surface area contributed by atoms with Crippen molar-refractivity contribution in [1.29, 1.82) is 0 Å². The van der Waals surface area contributed by atoms with Crippen molar-refractivity contribution in [3.8, 4) is 0 Å². The molecule has 0 aromatic carbocycles. The summed E-state index contributed by atoms with van der Waals surface area (Å²) in [6, 6.07) is 0. The Labute approximate surface area is 83.7 Å². The minimum Gasteiger partial charge on any atom is -0.286 e. The molecular formula is C7H15N3O3S. The maximum Gasteiger partial charge on any atom is 0.264 e. The van der Waals surface area contributed by atoms with Crippen LogP contribution in [0.4, 0.5) is 0 Å². The van der Waals surface area contributed by atoms with Crippen LogP contribution in [-0.2, 0) is 10.1 Å². The molecule has 0 fully saturated rings. The molecule has 0 aliphatic rings. The molecule has 0 aromatic heterocycles. The largest absolute Gasteiger partial charge is 0.286 e. The summed E-state index contributed by atoms with van der Waals surface area (Å²) in [7, 11) is -3.79. The molecule has 1 N–H and O–H groups in total. The molecule has 0 saturated heterocycles. The van der Waals surface area contributed by atoms with Gasteiger partial charge in [0.05, 0.1) is 5.75 Å². The molecule has 0 aliphatic heterocycles. The molecule has 0 aromatic rings. The van der Waals surface area contributed by atoms with Gasteiger partial charge >= 0.3 is 0 Å². The second-order valence-corrected chi connectivity index (χ2v) is 4.58. The van der Waals surface area contributed by atoms with Crippen LogP contribution >= 0.6 is 0 Å². The lowest BCUT2D eigenvalue weighted by molar-refractivity contribution is 0.479.